The lowest BCUT2D eigenvalue weighted by Crippen LogP contribution is -2.40. The fourth-order valence-corrected chi connectivity index (χ4v) is 0.839. The summed E-state index contributed by atoms with van der Waals surface area (Å²) in [5.41, 5.74) is 2.49. The zero-order valence-corrected chi connectivity index (χ0v) is 5.92. The second-order valence-corrected chi connectivity index (χ2v) is 2.09. The van der Waals surface area contributed by atoms with Crippen molar-refractivity contribution in [1.82, 2.24) is 15.3 Å². The van der Waals surface area contributed by atoms with E-state index in [0.29, 0.717) is 0 Å². The molecule has 0 aromatic carbocycles. The van der Waals surface area contributed by atoms with E-state index < -0.39 is 0 Å². The van der Waals surface area contributed by atoms with Crippen molar-refractivity contribution in [3.05, 3.63) is 0 Å². The van der Waals surface area contributed by atoms with Crippen LogP contribution in [0.5, 0.6) is 0 Å². The van der Waals surface area contributed by atoms with Gasteiger partial charge in [0.15, 0.2) is 0 Å². The molecule has 0 atom stereocenters. The third-order valence-corrected chi connectivity index (χ3v) is 1.36. The molecule has 0 saturated carbocycles. The lowest BCUT2D eigenvalue weighted by Gasteiger charge is -2.10. The Hall–Kier alpha value is -1.10. The molecule has 0 radical (unpaired) electrons. The smallest absolute Gasteiger partial charge is 0.317 e. The molecule has 0 unspecified atom stereocenters. The van der Waals surface area contributed by atoms with E-state index >= 15 is 0 Å². The zero-order valence-electron chi connectivity index (χ0n) is 5.92. The summed E-state index contributed by atoms with van der Waals surface area (Å²) in [7, 11) is 3.12. The van der Waals surface area contributed by atoms with Crippen LogP contribution in [-0.4, -0.2) is 42.5 Å². The van der Waals surface area contributed by atoms with Crippen molar-refractivity contribution < 1.29 is 9.59 Å². The molecule has 0 bridgehead atoms. The average molecular weight is 143 g/mol. The van der Waals surface area contributed by atoms with E-state index in [1.165, 1.54) is 11.9 Å². The molecule has 0 aromatic heterocycles. The van der Waals surface area contributed by atoms with Crippen LogP contribution in [0.25, 0.3) is 0 Å². The first-order chi connectivity index (χ1) is 4.66. The second kappa shape index (κ2) is 2.26. The fraction of sp³-hybridized carbons (Fsp3) is 0.600. The van der Waals surface area contributed by atoms with Crippen molar-refractivity contribution in [3.8, 4) is 0 Å². The number of carbonyl (C=O) groups excluding carboxylic acids is 2. The van der Waals surface area contributed by atoms with Crippen LogP contribution >= 0.6 is 0 Å². The van der Waals surface area contributed by atoms with Crippen molar-refractivity contribution in [3.63, 3.8) is 0 Å². The summed E-state index contributed by atoms with van der Waals surface area (Å²) in [5.74, 6) is -0.213. The van der Waals surface area contributed by atoms with Crippen LogP contribution < -0.4 is 5.43 Å². The van der Waals surface area contributed by atoms with Gasteiger partial charge in [0.25, 0.3) is 5.91 Å². The van der Waals surface area contributed by atoms with E-state index in [4.69, 9.17) is 0 Å². The first kappa shape index (κ1) is 7.01. The van der Waals surface area contributed by atoms with E-state index in [1.807, 2.05) is 0 Å². The number of hydrogen-bond donors (Lipinski definition) is 1. The first-order valence-corrected chi connectivity index (χ1v) is 2.92. The van der Waals surface area contributed by atoms with Crippen LogP contribution in [0.4, 0.5) is 4.79 Å². The third-order valence-electron chi connectivity index (χ3n) is 1.36. The standard InChI is InChI=1S/C5H9N3O2/c1-6-8-4(9)3-7(2)5(8)10/h6H,3H2,1-2H3. The molecule has 1 heterocycles. The minimum Gasteiger partial charge on any atom is -0.317 e. The number of likely N-dealkylation sites (N-methyl/N-ethyl adjacent to an activating group) is 1. The van der Waals surface area contributed by atoms with Crippen LogP contribution in [0, 0.1) is 0 Å². The Kier molecular flexibility index (Phi) is 1.58. The van der Waals surface area contributed by atoms with Crippen molar-refractivity contribution >= 4 is 11.9 Å². The number of carbonyl (C=O) groups is 2. The first-order valence-electron chi connectivity index (χ1n) is 2.92. The van der Waals surface area contributed by atoms with Gasteiger partial charge in [-0.15, -0.1) is 0 Å². The van der Waals surface area contributed by atoms with Crippen molar-refractivity contribution in [2.24, 2.45) is 0 Å². The van der Waals surface area contributed by atoms with Crippen molar-refractivity contribution in [2.45, 2.75) is 0 Å². The van der Waals surface area contributed by atoms with Gasteiger partial charge in [-0.1, -0.05) is 0 Å². The molecule has 1 saturated heterocycles. The maximum absolute atomic E-state index is 10.9. The van der Waals surface area contributed by atoms with E-state index in [1.54, 1.807) is 7.05 Å². The monoisotopic (exact) mass is 143 g/mol. The number of hydrogen-bond acceptors (Lipinski definition) is 3. The molecule has 10 heavy (non-hydrogen) atoms. The normalized spacial score (nSPS) is 19.0. The Morgan fingerprint density at radius 3 is 2.30 bits per heavy atom. The summed E-state index contributed by atoms with van der Waals surface area (Å²) < 4.78 is 0. The maximum atomic E-state index is 10.9. The summed E-state index contributed by atoms with van der Waals surface area (Å²) in [6, 6.07) is -0.299. The molecule has 5 nitrogen and oxygen atoms in total. The topological polar surface area (TPSA) is 52.7 Å². The molecule has 0 aromatic rings. The van der Waals surface area contributed by atoms with Crippen LogP contribution in [-0.2, 0) is 4.79 Å². The Labute approximate surface area is 58.6 Å². The van der Waals surface area contributed by atoms with Crippen molar-refractivity contribution in [1.29, 1.82) is 0 Å². The number of rotatable bonds is 1. The van der Waals surface area contributed by atoms with E-state index in [9.17, 15) is 9.59 Å². The average Bonchev–Trinajstić information content (AvgIpc) is 2.09. The molecular formula is C5H9N3O2. The lowest BCUT2D eigenvalue weighted by molar-refractivity contribution is -0.127. The minimum atomic E-state index is -0.299. The molecule has 1 N–H and O–H groups in total. The molecule has 0 aliphatic carbocycles. The van der Waals surface area contributed by atoms with E-state index in [-0.39, 0.29) is 18.5 Å². The molecule has 1 aliphatic rings. The number of amides is 3. The maximum Gasteiger partial charge on any atom is 0.341 e. The Balaban J connectivity index is 2.74. The van der Waals surface area contributed by atoms with Gasteiger partial charge in [0.2, 0.25) is 0 Å². The highest BCUT2D eigenvalue weighted by Gasteiger charge is 2.32. The van der Waals surface area contributed by atoms with Crippen LogP contribution in [0.2, 0.25) is 0 Å². The highest BCUT2D eigenvalue weighted by atomic mass is 16.2. The number of urea groups is 1. The van der Waals surface area contributed by atoms with Crippen LogP contribution in [0.1, 0.15) is 0 Å². The molecule has 1 aliphatic heterocycles. The molecule has 1 fully saturated rings. The SMILES string of the molecule is CNN1C(=O)CN(C)C1=O. The molecular weight excluding hydrogens is 134 g/mol. The quantitative estimate of drug-likeness (QED) is 0.480. The van der Waals surface area contributed by atoms with Gasteiger partial charge in [-0.2, -0.15) is 5.01 Å². The Bertz CT molecular complexity index is 180. The van der Waals surface area contributed by atoms with Gasteiger partial charge in [-0.25, -0.2) is 10.2 Å². The molecule has 5 heteroatoms. The number of imide groups is 1. The second-order valence-electron chi connectivity index (χ2n) is 2.09. The van der Waals surface area contributed by atoms with Gasteiger partial charge in [-0.3, -0.25) is 4.79 Å². The van der Waals surface area contributed by atoms with Crippen molar-refractivity contribution in [2.75, 3.05) is 20.6 Å². The Morgan fingerprint density at radius 2 is 2.10 bits per heavy atom. The predicted molar refractivity (Wildman–Crippen MR) is 33.9 cm³/mol. The Morgan fingerprint density at radius 1 is 1.50 bits per heavy atom. The molecule has 0 spiro atoms. The molecule has 1 rings (SSSR count). The third kappa shape index (κ3) is 0.841. The summed E-state index contributed by atoms with van der Waals surface area (Å²) in [6.45, 7) is 0.166. The van der Waals surface area contributed by atoms with Gasteiger partial charge in [0.05, 0.1) is 0 Å². The van der Waals surface area contributed by atoms with Crippen LogP contribution in [0.15, 0.2) is 0 Å². The highest BCUT2D eigenvalue weighted by Crippen LogP contribution is 2.02. The lowest BCUT2D eigenvalue weighted by atomic mass is 10.6. The summed E-state index contributed by atoms with van der Waals surface area (Å²) in [4.78, 5) is 23.1. The fourth-order valence-electron chi connectivity index (χ4n) is 0.839. The van der Waals surface area contributed by atoms with E-state index in [0.717, 1.165) is 5.01 Å². The highest BCUT2D eigenvalue weighted by molar-refractivity contribution is 6.01. The van der Waals surface area contributed by atoms with E-state index in [2.05, 4.69) is 5.43 Å². The largest absolute Gasteiger partial charge is 0.341 e. The van der Waals surface area contributed by atoms with Gasteiger partial charge in [0.1, 0.15) is 6.54 Å². The zero-order chi connectivity index (χ0) is 7.72. The number of hydrazine groups is 1. The molecule has 56 valence electrons. The summed E-state index contributed by atoms with van der Waals surface area (Å²) in [5, 5.41) is 0.986. The number of nitrogens with zero attached hydrogens (tertiary/aromatic N) is 2. The number of nitrogens with one attached hydrogen (secondary N) is 1. The van der Waals surface area contributed by atoms with Gasteiger partial charge >= 0.3 is 6.03 Å². The summed E-state index contributed by atoms with van der Waals surface area (Å²) in [6.07, 6.45) is 0. The summed E-state index contributed by atoms with van der Waals surface area (Å²) >= 11 is 0. The minimum absolute atomic E-state index is 0.166. The van der Waals surface area contributed by atoms with Gasteiger partial charge in [-0.05, 0) is 0 Å². The predicted octanol–water partition coefficient (Wildman–Crippen LogP) is -0.985. The van der Waals surface area contributed by atoms with Gasteiger partial charge < -0.3 is 4.90 Å². The molecule has 3 amide bonds. The van der Waals surface area contributed by atoms with Gasteiger partial charge in [0, 0.05) is 14.1 Å². The van der Waals surface area contributed by atoms with Crippen LogP contribution in [0.3, 0.4) is 0 Å².